The fourth-order valence-electron chi connectivity index (χ4n) is 2.55. The van der Waals surface area contributed by atoms with Gasteiger partial charge in [0.2, 0.25) is 6.43 Å². The first kappa shape index (κ1) is 11.5. The smallest absolute Gasteiger partial charge is 0.249 e. The zero-order valence-electron chi connectivity index (χ0n) is 9.47. The molecule has 0 amide bonds. The normalized spacial score (nSPS) is 23.8. The lowest BCUT2D eigenvalue weighted by Gasteiger charge is -2.29. The van der Waals surface area contributed by atoms with Gasteiger partial charge in [0, 0.05) is 6.54 Å². The van der Waals surface area contributed by atoms with E-state index in [-0.39, 0.29) is 0 Å². The van der Waals surface area contributed by atoms with Crippen LogP contribution in [0.2, 0.25) is 0 Å². The molecule has 1 atom stereocenters. The Morgan fingerprint density at radius 2 is 2.12 bits per heavy atom. The van der Waals surface area contributed by atoms with E-state index in [2.05, 4.69) is 5.32 Å². The van der Waals surface area contributed by atoms with Crippen molar-refractivity contribution in [2.75, 3.05) is 13.1 Å². The Balaban J connectivity index is 2.35. The van der Waals surface area contributed by atoms with Gasteiger partial charge in [0.05, 0.1) is 5.41 Å². The quantitative estimate of drug-likeness (QED) is 0.830. The molecule has 1 N–H and O–H groups in total. The third-order valence-electron chi connectivity index (χ3n) is 3.50. The molecule has 16 heavy (non-hydrogen) atoms. The van der Waals surface area contributed by atoms with Crippen molar-refractivity contribution < 1.29 is 8.78 Å². The minimum atomic E-state index is -2.30. The van der Waals surface area contributed by atoms with E-state index in [9.17, 15) is 8.78 Å². The van der Waals surface area contributed by atoms with E-state index >= 15 is 0 Å². The maximum Gasteiger partial charge on any atom is 0.249 e. The summed E-state index contributed by atoms with van der Waals surface area (Å²) in [6, 6.07) is 7.60. The highest BCUT2D eigenvalue weighted by atomic mass is 19.3. The Hall–Kier alpha value is -0.960. The van der Waals surface area contributed by atoms with Crippen LogP contribution in [0.3, 0.4) is 0 Å². The summed E-state index contributed by atoms with van der Waals surface area (Å²) < 4.78 is 26.7. The summed E-state index contributed by atoms with van der Waals surface area (Å²) in [5, 5.41) is 3.07. The highest BCUT2D eigenvalue weighted by Crippen LogP contribution is 2.42. The molecule has 1 aromatic carbocycles. The number of fused-ring (bicyclic) bond motifs is 1. The first-order valence-electron chi connectivity index (χ1n) is 5.78. The predicted molar refractivity (Wildman–Crippen MR) is 61.0 cm³/mol. The minimum absolute atomic E-state index is 0.373. The first-order chi connectivity index (χ1) is 7.70. The Labute approximate surface area is 94.9 Å². The third kappa shape index (κ3) is 1.73. The summed E-state index contributed by atoms with van der Waals surface area (Å²) >= 11 is 0. The maximum absolute atomic E-state index is 13.4. The summed E-state index contributed by atoms with van der Waals surface area (Å²) in [4.78, 5) is 0. The van der Waals surface area contributed by atoms with Crippen molar-refractivity contribution in [3.05, 3.63) is 35.4 Å². The fraction of sp³-hybridized carbons (Fsp3) is 0.538. The molecule has 0 aromatic heterocycles. The van der Waals surface area contributed by atoms with Crippen molar-refractivity contribution in [1.29, 1.82) is 0 Å². The van der Waals surface area contributed by atoms with E-state index < -0.39 is 11.8 Å². The summed E-state index contributed by atoms with van der Waals surface area (Å²) in [5.74, 6) is 0. The molecule has 1 aromatic rings. The van der Waals surface area contributed by atoms with E-state index in [0.29, 0.717) is 13.0 Å². The van der Waals surface area contributed by atoms with Crippen LogP contribution in [-0.2, 0) is 11.8 Å². The zero-order chi connectivity index (χ0) is 11.6. The second kappa shape index (κ2) is 4.50. The van der Waals surface area contributed by atoms with Gasteiger partial charge in [-0.05, 0) is 30.5 Å². The molecule has 1 aliphatic rings. The zero-order valence-corrected chi connectivity index (χ0v) is 9.47. The van der Waals surface area contributed by atoms with Crippen molar-refractivity contribution >= 4 is 0 Å². The maximum atomic E-state index is 13.4. The number of hydrogen-bond donors (Lipinski definition) is 1. The Kier molecular flexibility index (Phi) is 3.24. The van der Waals surface area contributed by atoms with Crippen LogP contribution >= 0.6 is 0 Å². The van der Waals surface area contributed by atoms with Crippen molar-refractivity contribution in [2.24, 2.45) is 0 Å². The number of nitrogens with one attached hydrogen (secondary N) is 1. The molecule has 0 bridgehead atoms. The largest absolute Gasteiger partial charge is 0.316 e. The average molecular weight is 225 g/mol. The van der Waals surface area contributed by atoms with Crippen molar-refractivity contribution in [3.8, 4) is 0 Å². The van der Waals surface area contributed by atoms with Gasteiger partial charge in [-0.15, -0.1) is 0 Å². The van der Waals surface area contributed by atoms with Gasteiger partial charge in [-0.25, -0.2) is 8.78 Å². The van der Waals surface area contributed by atoms with E-state index in [1.807, 2.05) is 31.2 Å². The van der Waals surface area contributed by atoms with Crippen LogP contribution in [0.5, 0.6) is 0 Å². The van der Waals surface area contributed by atoms with Gasteiger partial charge in [0.15, 0.2) is 0 Å². The van der Waals surface area contributed by atoms with Gasteiger partial charge in [-0.1, -0.05) is 31.2 Å². The fourth-order valence-corrected chi connectivity index (χ4v) is 2.55. The summed E-state index contributed by atoms with van der Waals surface area (Å²) in [6.45, 7) is 3.05. The predicted octanol–water partition coefficient (Wildman–Crippen LogP) is 2.75. The van der Waals surface area contributed by atoms with Crippen molar-refractivity contribution in [2.45, 2.75) is 31.6 Å². The molecule has 1 nitrogen and oxygen atoms in total. The van der Waals surface area contributed by atoms with Gasteiger partial charge in [0.25, 0.3) is 0 Å². The lowest BCUT2D eigenvalue weighted by Crippen LogP contribution is -2.42. The van der Waals surface area contributed by atoms with E-state index in [1.165, 1.54) is 0 Å². The second-order valence-electron chi connectivity index (χ2n) is 4.39. The Bertz CT molecular complexity index is 365. The number of hydrogen-bond acceptors (Lipinski definition) is 1. The first-order valence-corrected chi connectivity index (χ1v) is 5.78. The molecule has 0 fully saturated rings. The van der Waals surface area contributed by atoms with Crippen LogP contribution in [0.1, 0.15) is 24.5 Å². The molecule has 0 saturated carbocycles. The lowest BCUT2D eigenvalue weighted by molar-refractivity contribution is 0.0493. The molecule has 0 heterocycles. The Morgan fingerprint density at radius 3 is 2.81 bits per heavy atom. The minimum Gasteiger partial charge on any atom is -0.316 e. The van der Waals surface area contributed by atoms with Crippen LogP contribution in [0.15, 0.2) is 24.3 Å². The molecule has 0 spiro atoms. The number of benzene rings is 1. The molecule has 0 radical (unpaired) electrons. The summed E-state index contributed by atoms with van der Waals surface area (Å²) in [7, 11) is 0. The molecule has 1 aliphatic carbocycles. The molecular weight excluding hydrogens is 208 g/mol. The number of rotatable bonds is 4. The van der Waals surface area contributed by atoms with E-state index in [1.54, 1.807) is 0 Å². The second-order valence-corrected chi connectivity index (χ2v) is 4.39. The van der Waals surface area contributed by atoms with Gasteiger partial charge in [-0.2, -0.15) is 0 Å². The summed E-state index contributed by atoms with van der Waals surface area (Å²) in [6.07, 6.45) is -0.974. The number of alkyl halides is 2. The van der Waals surface area contributed by atoms with Gasteiger partial charge >= 0.3 is 0 Å². The number of aryl methyl sites for hydroxylation is 1. The van der Waals surface area contributed by atoms with E-state index in [0.717, 1.165) is 24.1 Å². The highest BCUT2D eigenvalue weighted by molar-refractivity contribution is 5.40. The van der Waals surface area contributed by atoms with Crippen LogP contribution in [0.25, 0.3) is 0 Å². The van der Waals surface area contributed by atoms with Crippen LogP contribution < -0.4 is 5.32 Å². The van der Waals surface area contributed by atoms with Crippen LogP contribution in [-0.4, -0.2) is 19.5 Å². The molecule has 0 aliphatic heterocycles. The number of likely N-dealkylation sites (N-methyl/N-ethyl adjacent to an activating group) is 1. The highest BCUT2D eigenvalue weighted by Gasteiger charge is 2.45. The van der Waals surface area contributed by atoms with Gasteiger partial charge in [-0.3, -0.25) is 0 Å². The van der Waals surface area contributed by atoms with Crippen molar-refractivity contribution in [3.63, 3.8) is 0 Å². The molecule has 1 unspecified atom stereocenters. The molecular formula is C13H17F2N. The van der Waals surface area contributed by atoms with Gasteiger partial charge in [0.1, 0.15) is 0 Å². The average Bonchev–Trinajstić information content (AvgIpc) is 2.67. The SMILES string of the molecule is CCNCC1(C(F)F)CCc2ccccc21. The number of halogens is 2. The Morgan fingerprint density at radius 1 is 1.38 bits per heavy atom. The lowest BCUT2D eigenvalue weighted by atomic mass is 9.82. The standard InChI is InChI=1S/C13H17F2N/c1-2-16-9-13(12(14)15)8-7-10-5-3-4-6-11(10)13/h3-6,12,16H,2,7-9H2,1H3. The summed E-state index contributed by atoms with van der Waals surface area (Å²) in [5.41, 5.74) is 0.957. The van der Waals surface area contributed by atoms with Crippen LogP contribution in [0, 0.1) is 0 Å². The van der Waals surface area contributed by atoms with Crippen molar-refractivity contribution in [1.82, 2.24) is 5.32 Å². The molecule has 2 rings (SSSR count). The topological polar surface area (TPSA) is 12.0 Å². The monoisotopic (exact) mass is 225 g/mol. The molecule has 88 valence electrons. The molecule has 3 heteroatoms. The third-order valence-corrected chi connectivity index (χ3v) is 3.50. The molecule has 0 saturated heterocycles. The van der Waals surface area contributed by atoms with Gasteiger partial charge < -0.3 is 5.32 Å². The van der Waals surface area contributed by atoms with Crippen LogP contribution in [0.4, 0.5) is 8.78 Å². The van der Waals surface area contributed by atoms with E-state index in [4.69, 9.17) is 0 Å².